The van der Waals surface area contributed by atoms with Gasteiger partial charge in [-0.3, -0.25) is 0 Å². The van der Waals surface area contributed by atoms with Crippen LogP contribution in [0.15, 0.2) is 10.4 Å². The summed E-state index contributed by atoms with van der Waals surface area (Å²) in [6.45, 7) is 0. The molecule has 0 rings (SSSR count). The minimum atomic E-state index is 0. The molecule has 0 aromatic rings. The molecule has 0 aliphatic carbocycles. The minimum Gasteiger partial charge on any atom is -0.511 e. The maximum atomic E-state index is 5.72. The van der Waals surface area contributed by atoms with E-state index in [0.29, 0.717) is 0 Å². The molecule has 0 amide bonds. The molecule has 0 unspecified atom stereocenters. The van der Waals surface area contributed by atoms with Crippen LogP contribution in [-0.2, 0) is 0 Å². The van der Waals surface area contributed by atoms with Crippen molar-refractivity contribution in [3.05, 3.63) is 11.7 Å². The van der Waals surface area contributed by atoms with E-state index in [4.69, 9.17) is 11.7 Å². The summed E-state index contributed by atoms with van der Waals surface area (Å²) in [4.78, 5) is 0. The van der Waals surface area contributed by atoms with Crippen LogP contribution in [0.2, 0.25) is 0 Å². The van der Waals surface area contributed by atoms with E-state index in [2.05, 4.69) is 10.4 Å². The zero-order chi connectivity index (χ0) is 3.41. The van der Waals surface area contributed by atoms with E-state index in [1.165, 1.54) is 0 Å². The summed E-state index contributed by atoms with van der Waals surface area (Å²) in [6.07, 6.45) is 0. The zero-order valence-corrected chi connectivity index (χ0v) is 18.4. The van der Waals surface area contributed by atoms with Crippen LogP contribution < -0.4 is 206 Å². The molecule has 0 bridgehead atoms. The van der Waals surface area contributed by atoms with Crippen molar-refractivity contribution in [2.75, 3.05) is 0 Å². The quantitative estimate of drug-likeness (QED) is 0.218. The molecule has 0 aliphatic rings. The Bertz CT molecular complexity index is 23.2. The van der Waals surface area contributed by atoms with Crippen molar-refractivity contribution in [3.63, 3.8) is 0 Å². The van der Waals surface area contributed by atoms with Gasteiger partial charge in [-0.2, -0.15) is 0 Å². The number of rotatable bonds is 0. The second kappa shape index (κ2) is 29.3. The summed E-state index contributed by atoms with van der Waals surface area (Å²) >= 11 is 0. The van der Waals surface area contributed by atoms with E-state index in [9.17, 15) is 0 Å². The second-order valence-corrected chi connectivity index (χ2v) is 0.200. The summed E-state index contributed by atoms with van der Waals surface area (Å²) in [6, 6.07) is 0. The van der Waals surface area contributed by atoms with Gasteiger partial charge in [0.2, 0.25) is 0 Å². The van der Waals surface area contributed by atoms with E-state index < -0.39 is 0 Å². The molecule has 0 saturated carbocycles. The first-order valence-electron chi connectivity index (χ1n) is 0.647. The molecule has 0 radical (unpaired) electrons. The molecule has 0 aliphatic heterocycles. The molecule has 0 fully saturated rings. The predicted molar refractivity (Wildman–Crippen MR) is 13.5 cm³/mol. The van der Waals surface area contributed by atoms with Crippen LogP contribution in [0, 0.1) is 0 Å². The first kappa shape index (κ1) is 29.2. The van der Waals surface area contributed by atoms with Gasteiger partial charge >= 0.3 is 206 Å². The van der Waals surface area contributed by atoms with Crippen LogP contribution in [0.5, 0.6) is 0 Å². The van der Waals surface area contributed by atoms with Gasteiger partial charge in [0.05, 0.1) is 0 Å². The van der Waals surface area contributed by atoms with Gasteiger partial charge in [-0.05, 0) is 0 Å². The minimum absolute atomic E-state index is 0. The third-order valence-electron chi connectivity index (χ3n) is 0.0500. The van der Waals surface area contributed by atoms with Crippen LogP contribution >= 0.6 is 0 Å². The van der Waals surface area contributed by atoms with E-state index in [1.54, 1.807) is 0 Å². The Kier molecular flexibility index (Phi) is 107. The number of hydrogen-bond acceptors (Lipinski definition) is 2. The van der Waals surface area contributed by atoms with Gasteiger partial charge in [0, 0.05) is 0 Å². The van der Waals surface area contributed by atoms with E-state index >= 15 is 0 Å². The first-order valence-corrected chi connectivity index (χ1v) is 0.647. The van der Waals surface area contributed by atoms with Gasteiger partial charge in [-0.15, -0.1) is 0 Å². The molecule has 0 spiro atoms. The normalized spacial score (nSPS) is 4.50. The van der Waals surface area contributed by atoms with Crippen molar-refractivity contribution in [1.29, 1.82) is 0 Å². The van der Waals surface area contributed by atoms with Crippen LogP contribution in [0.1, 0.15) is 0 Å². The molecular weight excluding hydrogens is 212 g/mol. The maximum absolute atomic E-state index is 5.72. The summed E-state index contributed by atoms with van der Waals surface area (Å²) in [5.74, 6) is 11.4. The average Bonchev–Trinajstić information content (AvgIpc) is 1.37. The summed E-state index contributed by atoms with van der Waals surface area (Å²) in [5.41, 5.74) is 0. The number of nitrogens with one attached hydrogen (secondary N) is 2. The molecule has 8 heavy (non-hydrogen) atoms. The monoisotopic (exact) mass is 214 g/mol. The largest absolute Gasteiger partial charge is 1.00 e. The predicted octanol–water partition coefficient (Wildman–Crippen LogP) is -10.6. The Morgan fingerprint density at radius 2 is 0.750 bits per heavy atom. The van der Waals surface area contributed by atoms with Gasteiger partial charge in [0.1, 0.15) is 0 Å². The number of nitrogens with zero attached hydrogens (tertiary/aromatic N) is 2. The summed E-state index contributed by atoms with van der Waals surface area (Å²) in [5, 5.41) is 4.56. The SMILES string of the molecule is [K+].[K+].[K+].[K+].[NH-]/N=N/[NH-]. The van der Waals surface area contributed by atoms with Crippen molar-refractivity contribution in [1.82, 2.24) is 0 Å². The fourth-order valence-corrected chi connectivity index (χ4v) is 0. The van der Waals surface area contributed by atoms with Gasteiger partial charge in [0.25, 0.3) is 0 Å². The summed E-state index contributed by atoms with van der Waals surface area (Å²) in [7, 11) is 0. The van der Waals surface area contributed by atoms with Crippen molar-refractivity contribution >= 4 is 0 Å². The van der Waals surface area contributed by atoms with Crippen LogP contribution in [0.3, 0.4) is 0 Å². The topological polar surface area (TPSA) is 72.3 Å². The zero-order valence-electron chi connectivity index (χ0n) is 5.89. The third-order valence-corrected chi connectivity index (χ3v) is 0.0500. The smallest absolute Gasteiger partial charge is 0.511 e. The molecule has 0 aromatic heterocycles. The number of hydrogen-bond donors (Lipinski definition) is 0. The molecule has 0 heterocycles. The van der Waals surface area contributed by atoms with Crippen molar-refractivity contribution in [2.45, 2.75) is 0 Å². The van der Waals surface area contributed by atoms with Gasteiger partial charge in [-0.25, -0.2) is 0 Å². The molecular formula is H2K4N4+2. The molecule has 24 valence electrons. The summed E-state index contributed by atoms with van der Waals surface area (Å²) < 4.78 is 0. The van der Waals surface area contributed by atoms with E-state index in [1.807, 2.05) is 0 Å². The Morgan fingerprint density at radius 1 is 0.625 bits per heavy atom. The molecule has 0 aromatic carbocycles. The molecule has 2 N–H and O–H groups in total. The van der Waals surface area contributed by atoms with Crippen LogP contribution in [0.25, 0.3) is 11.7 Å². The first-order chi connectivity index (χ1) is 1.91. The van der Waals surface area contributed by atoms with Crippen molar-refractivity contribution < 1.29 is 206 Å². The Balaban J connectivity index is -0.00000000750. The second-order valence-electron chi connectivity index (χ2n) is 0.200. The Labute approximate surface area is 219 Å². The van der Waals surface area contributed by atoms with Crippen LogP contribution in [-0.4, -0.2) is 0 Å². The Hall–Kier alpha value is 5.75. The molecule has 4 nitrogen and oxygen atoms in total. The fraction of sp³-hybridized carbons (Fsp3) is 0. The van der Waals surface area contributed by atoms with E-state index in [0.717, 1.165) is 0 Å². The van der Waals surface area contributed by atoms with Crippen molar-refractivity contribution in [2.24, 2.45) is 10.4 Å². The molecule has 0 saturated heterocycles. The Morgan fingerprint density at radius 3 is 0.750 bits per heavy atom. The molecule has 8 heteroatoms. The standard InChI is InChI=1S/4K.H2N4/c;;;;1-3-4-2/h;;;;(H2-2,1,2,3,4)/q4*+1;-2. The average molecular weight is 214 g/mol. The van der Waals surface area contributed by atoms with Crippen LogP contribution in [0.4, 0.5) is 0 Å². The maximum Gasteiger partial charge on any atom is 1.00 e. The van der Waals surface area contributed by atoms with Gasteiger partial charge in [0.15, 0.2) is 0 Å². The third kappa shape index (κ3) is 29.8. The van der Waals surface area contributed by atoms with Gasteiger partial charge < -0.3 is 22.1 Å². The van der Waals surface area contributed by atoms with Gasteiger partial charge in [-0.1, -0.05) is 0 Å². The van der Waals surface area contributed by atoms with E-state index in [-0.39, 0.29) is 206 Å². The van der Waals surface area contributed by atoms with Crippen molar-refractivity contribution in [3.8, 4) is 0 Å². The fourth-order valence-electron chi connectivity index (χ4n) is 0. The molecule has 0 atom stereocenters.